The van der Waals surface area contributed by atoms with E-state index in [1.807, 2.05) is 0 Å². The monoisotopic (exact) mass is 322 g/mol. The van der Waals surface area contributed by atoms with E-state index in [0.717, 1.165) is 13.1 Å². The van der Waals surface area contributed by atoms with Gasteiger partial charge in [0.15, 0.2) is 0 Å². The van der Waals surface area contributed by atoms with Gasteiger partial charge in [-0.05, 0) is 50.3 Å². The van der Waals surface area contributed by atoms with Gasteiger partial charge in [-0.15, -0.1) is 0 Å². The Kier molecular flexibility index (Phi) is 4.25. The number of halogens is 3. The van der Waals surface area contributed by atoms with E-state index in [9.17, 15) is 13.2 Å². The SMILES string of the molecule is CC1(C2CC2)CNC2(CCCC2)CN1CCSC(F)(F)F. The average Bonchev–Trinajstić information content (AvgIpc) is 3.16. The fraction of sp³-hybridized carbons (Fsp3) is 1.00. The molecule has 1 spiro atoms. The van der Waals surface area contributed by atoms with Gasteiger partial charge in [-0.25, -0.2) is 0 Å². The molecule has 0 aromatic rings. The molecule has 2 aliphatic carbocycles. The highest BCUT2D eigenvalue weighted by molar-refractivity contribution is 8.00. The summed E-state index contributed by atoms with van der Waals surface area (Å²) in [6.07, 6.45) is 7.31. The number of hydrogen-bond donors (Lipinski definition) is 1. The number of nitrogens with zero attached hydrogens (tertiary/aromatic N) is 1. The van der Waals surface area contributed by atoms with Gasteiger partial charge in [-0.1, -0.05) is 12.8 Å². The van der Waals surface area contributed by atoms with Gasteiger partial charge in [-0.2, -0.15) is 13.2 Å². The average molecular weight is 322 g/mol. The smallest absolute Gasteiger partial charge is 0.308 e. The first-order chi connectivity index (χ1) is 9.83. The minimum absolute atomic E-state index is 0.0556. The Balaban J connectivity index is 1.65. The van der Waals surface area contributed by atoms with Crippen molar-refractivity contribution in [2.75, 3.05) is 25.4 Å². The molecule has 0 aromatic carbocycles. The molecule has 122 valence electrons. The Morgan fingerprint density at radius 2 is 1.90 bits per heavy atom. The predicted molar refractivity (Wildman–Crippen MR) is 80.4 cm³/mol. The number of piperazine rings is 1. The summed E-state index contributed by atoms with van der Waals surface area (Å²) in [5, 5.41) is 3.77. The van der Waals surface area contributed by atoms with Crippen LogP contribution >= 0.6 is 11.8 Å². The first-order valence-corrected chi connectivity index (χ1v) is 9.02. The molecule has 2 saturated carbocycles. The molecule has 1 aliphatic heterocycles. The Morgan fingerprint density at radius 1 is 1.24 bits per heavy atom. The maximum Gasteiger partial charge on any atom is 0.441 e. The van der Waals surface area contributed by atoms with Crippen molar-refractivity contribution in [2.24, 2.45) is 5.92 Å². The zero-order chi connectivity index (χ0) is 15.1. The standard InChI is InChI=1S/C15H25F3N2S/c1-13(12-4-5-12)10-19-14(6-2-3-7-14)11-20(13)8-9-21-15(16,17)18/h12,19H,2-11H2,1H3. The summed E-state index contributed by atoms with van der Waals surface area (Å²) in [7, 11) is 0. The lowest BCUT2D eigenvalue weighted by Gasteiger charge is -2.53. The third kappa shape index (κ3) is 3.53. The van der Waals surface area contributed by atoms with E-state index in [1.165, 1.54) is 38.5 Å². The number of nitrogens with one attached hydrogen (secondary N) is 1. The molecule has 2 nitrogen and oxygen atoms in total. The second-order valence-corrected chi connectivity index (χ2v) is 8.35. The van der Waals surface area contributed by atoms with Crippen molar-refractivity contribution in [2.45, 2.75) is 62.0 Å². The molecule has 6 heteroatoms. The molecule has 0 radical (unpaired) electrons. The second kappa shape index (κ2) is 5.60. The number of hydrogen-bond acceptors (Lipinski definition) is 3. The fourth-order valence-electron chi connectivity index (χ4n) is 4.18. The van der Waals surface area contributed by atoms with E-state index >= 15 is 0 Å². The summed E-state index contributed by atoms with van der Waals surface area (Å²) in [5.41, 5.74) is -3.87. The molecular weight excluding hydrogens is 297 g/mol. The minimum Gasteiger partial charge on any atom is -0.308 e. The zero-order valence-corrected chi connectivity index (χ0v) is 13.5. The van der Waals surface area contributed by atoms with Crippen LogP contribution in [0.5, 0.6) is 0 Å². The largest absolute Gasteiger partial charge is 0.441 e. The van der Waals surface area contributed by atoms with Crippen LogP contribution in [0.15, 0.2) is 0 Å². The molecule has 3 rings (SSSR count). The van der Waals surface area contributed by atoms with Crippen LogP contribution in [0, 0.1) is 5.92 Å². The molecule has 1 saturated heterocycles. The quantitative estimate of drug-likeness (QED) is 0.851. The summed E-state index contributed by atoms with van der Waals surface area (Å²) in [4.78, 5) is 2.38. The number of rotatable bonds is 4. The van der Waals surface area contributed by atoms with Crippen LogP contribution in [0.25, 0.3) is 0 Å². The molecule has 3 aliphatic rings. The highest BCUT2D eigenvalue weighted by Crippen LogP contribution is 2.47. The van der Waals surface area contributed by atoms with Gasteiger partial charge in [0.2, 0.25) is 0 Å². The van der Waals surface area contributed by atoms with Crippen LogP contribution in [0.2, 0.25) is 0 Å². The molecule has 3 fully saturated rings. The third-order valence-corrected chi connectivity index (χ3v) is 6.40. The topological polar surface area (TPSA) is 15.3 Å². The fourth-order valence-corrected chi connectivity index (χ4v) is 4.72. The van der Waals surface area contributed by atoms with Crippen molar-refractivity contribution in [3.05, 3.63) is 0 Å². The first kappa shape index (κ1) is 15.9. The predicted octanol–water partition coefficient (Wildman–Crippen LogP) is 3.63. The number of alkyl halides is 3. The van der Waals surface area contributed by atoms with Crippen molar-refractivity contribution in [3.63, 3.8) is 0 Å². The highest BCUT2D eigenvalue weighted by atomic mass is 32.2. The lowest BCUT2D eigenvalue weighted by molar-refractivity contribution is -0.0335. The van der Waals surface area contributed by atoms with E-state index in [-0.39, 0.29) is 28.6 Å². The van der Waals surface area contributed by atoms with E-state index in [1.54, 1.807) is 0 Å². The van der Waals surface area contributed by atoms with Crippen LogP contribution < -0.4 is 5.32 Å². The van der Waals surface area contributed by atoms with Gasteiger partial charge < -0.3 is 5.32 Å². The zero-order valence-electron chi connectivity index (χ0n) is 12.6. The Morgan fingerprint density at radius 3 is 2.48 bits per heavy atom. The van der Waals surface area contributed by atoms with Gasteiger partial charge in [0, 0.05) is 36.5 Å². The molecule has 1 atom stereocenters. The van der Waals surface area contributed by atoms with E-state index in [2.05, 4.69) is 17.1 Å². The maximum atomic E-state index is 12.4. The molecule has 1 unspecified atom stereocenters. The summed E-state index contributed by atoms with van der Waals surface area (Å²) < 4.78 is 37.2. The lowest BCUT2D eigenvalue weighted by atomic mass is 9.83. The van der Waals surface area contributed by atoms with E-state index < -0.39 is 5.51 Å². The molecule has 0 amide bonds. The van der Waals surface area contributed by atoms with Crippen molar-refractivity contribution in [3.8, 4) is 0 Å². The minimum atomic E-state index is -4.10. The van der Waals surface area contributed by atoms with Gasteiger partial charge in [0.05, 0.1) is 0 Å². The van der Waals surface area contributed by atoms with Gasteiger partial charge in [-0.3, -0.25) is 4.90 Å². The summed E-state index contributed by atoms with van der Waals surface area (Å²) in [6.45, 7) is 4.67. The second-order valence-electron chi connectivity index (χ2n) is 7.19. The molecule has 0 bridgehead atoms. The number of thioether (sulfide) groups is 1. The van der Waals surface area contributed by atoms with Crippen LogP contribution in [-0.2, 0) is 0 Å². The van der Waals surface area contributed by atoms with Crippen molar-refractivity contribution in [1.29, 1.82) is 0 Å². The maximum absolute atomic E-state index is 12.4. The van der Waals surface area contributed by atoms with Crippen LogP contribution in [0.1, 0.15) is 45.4 Å². The van der Waals surface area contributed by atoms with Crippen molar-refractivity contribution >= 4 is 11.8 Å². The van der Waals surface area contributed by atoms with Crippen molar-refractivity contribution in [1.82, 2.24) is 10.2 Å². The third-order valence-electron chi connectivity index (χ3n) is 5.68. The van der Waals surface area contributed by atoms with Crippen LogP contribution in [0.4, 0.5) is 13.2 Å². The van der Waals surface area contributed by atoms with Crippen LogP contribution in [-0.4, -0.2) is 46.9 Å². The molecule has 0 aromatic heterocycles. The van der Waals surface area contributed by atoms with Crippen molar-refractivity contribution < 1.29 is 13.2 Å². The lowest BCUT2D eigenvalue weighted by Crippen LogP contribution is -2.69. The van der Waals surface area contributed by atoms with Crippen LogP contribution in [0.3, 0.4) is 0 Å². The molecule has 1 heterocycles. The normalized spacial score (nSPS) is 33.7. The van der Waals surface area contributed by atoms with Gasteiger partial charge in [0.1, 0.15) is 0 Å². The van der Waals surface area contributed by atoms with E-state index in [4.69, 9.17) is 0 Å². The summed E-state index contributed by atoms with van der Waals surface area (Å²) >= 11 is 0.129. The Hall–Kier alpha value is 0.0600. The Labute approximate surface area is 129 Å². The van der Waals surface area contributed by atoms with Gasteiger partial charge >= 0.3 is 5.51 Å². The first-order valence-electron chi connectivity index (χ1n) is 8.04. The molecule has 21 heavy (non-hydrogen) atoms. The summed E-state index contributed by atoms with van der Waals surface area (Å²) in [6, 6.07) is 0. The van der Waals surface area contributed by atoms with Gasteiger partial charge in [0.25, 0.3) is 0 Å². The summed E-state index contributed by atoms with van der Waals surface area (Å²) in [5.74, 6) is 0.821. The molecule has 1 N–H and O–H groups in total. The highest BCUT2D eigenvalue weighted by Gasteiger charge is 2.52. The van der Waals surface area contributed by atoms with E-state index in [0.29, 0.717) is 12.5 Å². The Bertz CT molecular complexity index is 378. The molecular formula is C15H25F3N2S.